The lowest BCUT2D eigenvalue weighted by molar-refractivity contribution is -0.173. The van der Waals surface area contributed by atoms with E-state index in [1.54, 1.807) is 13.1 Å². The number of ether oxygens (including phenoxy) is 1. The minimum atomic E-state index is -4.09. The van der Waals surface area contributed by atoms with Gasteiger partial charge in [-0.1, -0.05) is 20.1 Å². The molecule has 0 aliphatic carbocycles. The minimum Gasteiger partial charge on any atom is -0.461 e. The highest BCUT2D eigenvalue weighted by Crippen LogP contribution is 2.36. The molecule has 0 bridgehead atoms. The standard InChI is InChI=1S/C23H25F3N5O2P/c1-3-33-22(32)23(25,26)17-6-4-5-15(20(17)24)12-29-21-16-11-19(34-9-7-27-8-10-34)28-13-18(16)30-14(2)31-21/h4-6,11,13,27H,3,7-10,12H2,1-2H3,(H,29,30,31). The van der Waals surface area contributed by atoms with Crippen molar-refractivity contribution in [2.75, 3.05) is 37.3 Å². The minimum absolute atomic E-state index is 0.0251. The highest BCUT2D eigenvalue weighted by molar-refractivity contribution is 7.65. The maximum Gasteiger partial charge on any atom is 0.382 e. The zero-order valence-corrected chi connectivity index (χ0v) is 19.8. The van der Waals surface area contributed by atoms with E-state index < -0.39 is 23.3 Å². The number of carbonyl (C=O) groups is 1. The SMILES string of the molecule is CCOC(=O)C(F)(F)c1cccc(CNc2nc(C)nc3cnc(P4CCNCC4)cc23)c1F. The molecule has 0 spiro atoms. The lowest BCUT2D eigenvalue weighted by Gasteiger charge is -2.23. The first kappa shape index (κ1) is 24.3. The van der Waals surface area contributed by atoms with E-state index in [9.17, 15) is 18.0 Å². The summed E-state index contributed by atoms with van der Waals surface area (Å²) in [6, 6.07) is 5.52. The van der Waals surface area contributed by atoms with E-state index in [1.807, 2.05) is 6.07 Å². The van der Waals surface area contributed by atoms with Crippen molar-refractivity contribution in [3.63, 3.8) is 0 Å². The van der Waals surface area contributed by atoms with E-state index in [-0.39, 0.29) is 26.6 Å². The summed E-state index contributed by atoms with van der Waals surface area (Å²) in [6.45, 7) is 4.70. The van der Waals surface area contributed by atoms with Gasteiger partial charge in [-0.25, -0.2) is 19.2 Å². The fourth-order valence-electron chi connectivity index (χ4n) is 3.81. The second-order valence-corrected chi connectivity index (χ2v) is 10.3. The zero-order chi connectivity index (χ0) is 24.3. The molecule has 3 aromatic rings. The third kappa shape index (κ3) is 4.98. The van der Waals surface area contributed by atoms with Crippen molar-refractivity contribution in [3.05, 3.63) is 53.2 Å². The summed E-state index contributed by atoms with van der Waals surface area (Å²) in [5, 5.41) is 7.15. The average molecular weight is 491 g/mol. The number of aromatic nitrogens is 3. The van der Waals surface area contributed by atoms with Crippen molar-refractivity contribution in [1.82, 2.24) is 20.3 Å². The maximum absolute atomic E-state index is 15.0. The van der Waals surface area contributed by atoms with E-state index in [2.05, 4.69) is 30.3 Å². The first-order valence-electron chi connectivity index (χ1n) is 11.0. The van der Waals surface area contributed by atoms with Crippen LogP contribution in [-0.2, 0) is 22.0 Å². The first-order chi connectivity index (χ1) is 16.3. The molecule has 0 amide bonds. The predicted octanol–water partition coefficient (Wildman–Crippen LogP) is 3.45. The molecule has 2 N–H and O–H groups in total. The van der Waals surface area contributed by atoms with Crippen LogP contribution in [0.25, 0.3) is 10.9 Å². The third-order valence-electron chi connectivity index (χ3n) is 5.52. The molecule has 34 heavy (non-hydrogen) atoms. The molecule has 3 heterocycles. The van der Waals surface area contributed by atoms with Crippen LogP contribution >= 0.6 is 7.92 Å². The van der Waals surface area contributed by atoms with Gasteiger partial charge in [-0.05, 0) is 51.4 Å². The number of esters is 1. The van der Waals surface area contributed by atoms with Crippen molar-refractivity contribution >= 4 is 36.0 Å². The van der Waals surface area contributed by atoms with Crippen molar-refractivity contribution < 1.29 is 22.7 Å². The predicted molar refractivity (Wildman–Crippen MR) is 125 cm³/mol. The molecule has 0 saturated carbocycles. The highest BCUT2D eigenvalue weighted by atomic mass is 31.1. The molecule has 1 aromatic carbocycles. The molecule has 7 nitrogen and oxygen atoms in total. The van der Waals surface area contributed by atoms with Gasteiger partial charge in [0.15, 0.2) is 0 Å². The summed E-state index contributed by atoms with van der Waals surface area (Å²) in [5.41, 5.74) is 0.603. The smallest absolute Gasteiger partial charge is 0.382 e. The highest BCUT2D eigenvalue weighted by Gasteiger charge is 2.45. The monoisotopic (exact) mass is 491 g/mol. The molecule has 4 rings (SSSR count). The van der Waals surface area contributed by atoms with Crippen molar-refractivity contribution in [2.24, 2.45) is 0 Å². The molecule has 0 radical (unpaired) electrons. The number of halogens is 3. The molecule has 1 saturated heterocycles. The Labute approximate surface area is 196 Å². The summed E-state index contributed by atoms with van der Waals surface area (Å²) in [4.78, 5) is 25.2. The van der Waals surface area contributed by atoms with Crippen LogP contribution in [0.5, 0.6) is 0 Å². The Hall–Kier alpha value is -2.84. The van der Waals surface area contributed by atoms with E-state index in [1.165, 1.54) is 19.1 Å². The van der Waals surface area contributed by atoms with Crippen LogP contribution in [-0.4, -0.2) is 52.9 Å². The number of alkyl halides is 2. The fourth-order valence-corrected chi connectivity index (χ4v) is 5.88. The Morgan fingerprint density at radius 1 is 1.26 bits per heavy atom. The van der Waals surface area contributed by atoms with Crippen LogP contribution in [0.15, 0.2) is 30.5 Å². The van der Waals surface area contributed by atoms with E-state index in [0.717, 1.165) is 42.3 Å². The van der Waals surface area contributed by atoms with Gasteiger partial charge in [0.25, 0.3) is 0 Å². The summed E-state index contributed by atoms with van der Waals surface area (Å²) >= 11 is 0. The Morgan fingerprint density at radius 2 is 2.03 bits per heavy atom. The normalized spacial score (nSPS) is 14.9. The molecule has 2 aromatic heterocycles. The summed E-state index contributed by atoms with van der Waals surface area (Å²) in [6.07, 6.45) is 3.79. The van der Waals surface area contributed by atoms with Gasteiger partial charge in [0.1, 0.15) is 17.5 Å². The zero-order valence-electron chi connectivity index (χ0n) is 18.9. The average Bonchev–Trinajstić information content (AvgIpc) is 2.83. The molecule has 1 fully saturated rings. The molecule has 1 aliphatic rings. The number of nitrogens with one attached hydrogen (secondary N) is 2. The number of fused-ring (bicyclic) bond motifs is 1. The van der Waals surface area contributed by atoms with Gasteiger partial charge < -0.3 is 15.4 Å². The number of nitrogens with zero attached hydrogens (tertiary/aromatic N) is 3. The number of benzene rings is 1. The van der Waals surface area contributed by atoms with E-state index >= 15 is 0 Å². The number of pyridine rings is 1. The van der Waals surface area contributed by atoms with Crippen LogP contribution in [0, 0.1) is 12.7 Å². The number of anilines is 1. The number of aryl methyl sites for hydroxylation is 1. The Bertz CT molecular complexity index is 1200. The van der Waals surface area contributed by atoms with Gasteiger partial charge in [0.05, 0.1) is 29.3 Å². The third-order valence-corrected chi connectivity index (χ3v) is 7.93. The van der Waals surface area contributed by atoms with Crippen LogP contribution in [0.1, 0.15) is 23.9 Å². The number of hydrogen-bond donors (Lipinski definition) is 2. The Kier molecular flexibility index (Phi) is 7.28. The van der Waals surface area contributed by atoms with Crippen LogP contribution in [0.2, 0.25) is 0 Å². The molecular formula is C23H25F3N5O2P. The molecule has 180 valence electrons. The maximum atomic E-state index is 15.0. The quantitative estimate of drug-likeness (QED) is 0.387. The van der Waals surface area contributed by atoms with Crippen molar-refractivity contribution in [1.29, 1.82) is 0 Å². The summed E-state index contributed by atoms with van der Waals surface area (Å²) in [7, 11) is -0.389. The van der Waals surface area contributed by atoms with Crippen LogP contribution in [0.3, 0.4) is 0 Å². The van der Waals surface area contributed by atoms with Gasteiger partial charge in [-0.2, -0.15) is 8.78 Å². The second-order valence-electron chi connectivity index (χ2n) is 7.84. The Balaban J connectivity index is 1.63. The Morgan fingerprint density at radius 3 is 2.76 bits per heavy atom. The largest absolute Gasteiger partial charge is 0.461 e. The number of rotatable bonds is 7. The lowest BCUT2D eigenvalue weighted by Crippen LogP contribution is -2.30. The lowest BCUT2D eigenvalue weighted by atomic mass is 10.0. The van der Waals surface area contributed by atoms with Crippen LogP contribution in [0.4, 0.5) is 19.0 Å². The van der Waals surface area contributed by atoms with Gasteiger partial charge in [0, 0.05) is 17.5 Å². The number of hydrogen-bond acceptors (Lipinski definition) is 7. The second kappa shape index (κ2) is 10.2. The molecule has 0 unspecified atom stereocenters. The molecule has 0 atom stereocenters. The molecular weight excluding hydrogens is 466 g/mol. The number of carbonyl (C=O) groups excluding carboxylic acids is 1. The van der Waals surface area contributed by atoms with Crippen molar-refractivity contribution in [3.8, 4) is 0 Å². The summed E-state index contributed by atoms with van der Waals surface area (Å²) in [5.74, 6) is -6.07. The van der Waals surface area contributed by atoms with Gasteiger partial charge in [-0.3, -0.25) is 4.98 Å². The molecule has 1 aliphatic heterocycles. The van der Waals surface area contributed by atoms with E-state index in [0.29, 0.717) is 17.2 Å². The first-order valence-corrected chi connectivity index (χ1v) is 12.7. The van der Waals surface area contributed by atoms with Crippen molar-refractivity contribution in [2.45, 2.75) is 26.3 Å². The van der Waals surface area contributed by atoms with Gasteiger partial charge >= 0.3 is 11.9 Å². The van der Waals surface area contributed by atoms with Crippen LogP contribution < -0.4 is 16.1 Å². The topological polar surface area (TPSA) is 89.0 Å². The molecule has 11 heteroatoms. The van der Waals surface area contributed by atoms with Gasteiger partial charge in [-0.15, -0.1) is 0 Å². The summed E-state index contributed by atoms with van der Waals surface area (Å²) < 4.78 is 48.3. The fraction of sp³-hybridized carbons (Fsp3) is 0.391. The van der Waals surface area contributed by atoms with E-state index in [4.69, 9.17) is 0 Å². The van der Waals surface area contributed by atoms with Gasteiger partial charge in [0.2, 0.25) is 0 Å².